The molecule has 0 spiro atoms. The number of aliphatic hydroxyl groups excluding tert-OH is 9. The van der Waals surface area contributed by atoms with E-state index < -0.39 is 162 Å². The fourth-order valence-electron chi connectivity index (χ4n) is 15.5. The molecule has 3 fully saturated rings. The monoisotopic (exact) mass is 1690 g/mol. The van der Waals surface area contributed by atoms with Crippen molar-refractivity contribution in [3.8, 4) is 0 Å². The highest BCUT2D eigenvalue weighted by molar-refractivity contribution is 7.47. The van der Waals surface area contributed by atoms with Crippen molar-refractivity contribution >= 4 is 31.7 Å². The Balaban J connectivity index is 1.93. The van der Waals surface area contributed by atoms with Crippen LogP contribution >= 0.6 is 7.82 Å². The summed E-state index contributed by atoms with van der Waals surface area (Å²) < 4.78 is 73.4. The van der Waals surface area contributed by atoms with Crippen molar-refractivity contribution in [2.75, 3.05) is 26.4 Å². The molecule has 0 amide bonds. The Morgan fingerprint density at radius 3 is 1.11 bits per heavy atom. The Kier molecular flexibility index (Phi) is 64.0. The van der Waals surface area contributed by atoms with Gasteiger partial charge in [-0.15, -0.1) is 0 Å². The standard InChI is InChI=1S/C91H167O25P/c1-6-10-14-18-22-25-28-31-32-33-36-38-41-44-51-57-63-75(94)108-69-73-79(98)81(100)85(104)91(112-73)115-88-86(113-77(96)65-59-53-47-46-49-55-61-70(5)60-54-48-21-17-13-9-4)82(101)83(102)87(114-90-84(103)80(99)78(97)72(66-92)111-90)89(88)116-117(105,106)109-68-71(110-76(95)64-58-52-45-42-39-35-30-27-24-20-16-12-8-3)67-107-74(93)62-56-50-43-40-37-34-29-26-23-19-15-11-7-2/h34-35,37,39,70-73,78-92,97-104H,6-33,36,38,40-69H2,1-5H3,(H,105,106)/b37-34-,39-35-. The van der Waals surface area contributed by atoms with E-state index in [2.05, 4.69) is 58.9 Å². The highest BCUT2D eigenvalue weighted by Crippen LogP contribution is 2.49. The normalized spacial score (nSPS) is 25.4. The zero-order chi connectivity index (χ0) is 85.5. The van der Waals surface area contributed by atoms with Crippen LogP contribution in [0.25, 0.3) is 0 Å². The van der Waals surface area contributed by atoms with E-state index >= 15 is 0 Å². The molecule has 3 rings (SSSR count). The summed E-state index contributed by atoms with van der Waals surface area (Å²) in [7, 11) is -5.81. The van der Waals surface area contributed by atoms with Gasteiger partial charge in [-0.3, -0.25) is 28.2 Å². The molecule has 2 aliphatic heterocycles. The second-order valence-corrected chi connectivity index (χ2v) is 35.2. The summed E-state index contributed by atoms with van der Waals surface area (Å²) in [5.74, 6) is -2.38. The number of carbonyl (C=O) groups is 4. The topological polar surface area (TPSA) is 380 Å². The van der Waals surface area contributed by atoms with Crippen molar-refractivity contribution in [1.82, 2.24) is 0 Å². The summed E-state index contributed by atoms with van der Waals surface area (Å²) in [5.41, 5.74) is 0. The average molecular weight is 1690 g/mol. The molecule has 0 bridgehead atoms. The second kappa shape index (κ2) is 69.3. The van der Waals surface area contributed by atoms with Gasteiger partial charge in [-0.05, 0) is 83.0 Å². The van der Waals surface area contributed by atoms with Crippen molar-refractivity contribution in [2.24, 2.45) is 5.92 Å². The predicted molar refractivity (Wildman–Crippen MR) is 453 cm³/mol. The first kappa shape index (κ1) is 108. The van der Waals surface area contributed by atoms with Crippen LogP contribution in [0.4, 0.5) is 0 Å². The lowest BCUT2D eigenvalue weighted by Gasteiger charge is -2.50. The minimum atomic E-state index is -5.81. The van der Waals surface area contributed by atoms with Crippen molar-refractivity contribution in [3.05, 3.63) is 24.3 Å². The Labute approximate surface area is 704 Å². The summed E-state index contributed by atoms with van der Waals surface area (Å²) in [6, 6.07) is 0. The molecule has 0 aromatic carbocycles. The number of unbranched alkanes of at least 4 members (excludes halogenated alkanes) is 43. The summed E-state index contributed by atoms with van der Waals surface area (Å²) >= 11 is 0. The number of ether oxygens (including phenoxy) is 8. The van der Waals surface area contributed by atoms with Gasteiger partial charge in [-0.25, -0.2) is 4.57 Å². The maximum atomic E-state index is 14.9. The van der Waals surface area contributed by atoms with Gasteiger partial charge in [0.15, 0.2) is 24.8 Å². The van der Waals surface area contributed by atoms with Crippen LogP contribution in [0.5, 0.6) is 0 Å². The first-order valence-electron chi connectivity index (χ1n) is 47.0. The molecule has 2 heterocycles. The highest BCUT2D eigenvalue weighted by atomic mass is 31.2. The minimum Gasteiger partial charge on any atom is -0.463 e. The fourth-order valence-corrected chi connectivity index (χ4v) is 16.5. The third-order valence-corrected chi connectivity index (χ3v) is 24.1. The minimum absolute atomic E-state index is 0.0106. The highest BCUT2D eigenvalue weighted by Gasteiger charge is 2.60. The summed E-state index contributed by atoms with van der Waals surface area (Å²) in [4.78, 5) is 66.4. The molecule has 19 atom stereocenters. The lowest BCUT2D eigenvalue weighted by atomic mass is 9.84. The van der Waals surface area contributed by atoms with Gasteiger partial charge in [-0.2, -0.15) is 0 Å². The zero-order valence-electron chi connectivity index (χ0n) is 73.2. The maximum absolute atomic E-state index is 14.9. The van der Waals surface area contributed by atoms with E-state index in [1.165, 1.54) is 173 Å². The van der Waals surface area contributed by atoms with Gasteiger partial charge in [0.1, 0.15) is 92.6 Å². The lowest BCUT2D eigenvalue weighted by Crippen LogP contribution is -2.70. The van der Waals surface area contributed by atoms with Crippen LogP contribution in [0.15, 0.2) is 24.3 Å². The Morgan fingerprint density at radius 1 is 0.359 bits per heavy atom. The Morgan fingerprint density at radius 2 is 0.692 bits per heavy atom. The SMILES string of the molecule is CCCCCCCC/C=C\CCCCCC(=O)OCC(COP(=O)(O)OC1C(OC2OC(CO)C(O)C(O)C2O)C(O)C(O)C(OC(=O)CCCCCCCCC(C)CCCCCCCC)C1OC1OC(COC(=O)CCCCCCCCCCCCCCCCCC)C(O)C(O)C1O)OC(=O)CCCCC/C=C\CCCCCCCC. The van der Waals surface area contributed by atoms with Gasteiger partial charge in [0.2, 0.25) is 0 Å². The number of aliphatic hydroxyl groups is 9. The quantitative estimate of drug-likeness (QED) is 0.00889. The van der Waals surface area contributed by atoms with Crippen LogP contribution in [-0.4, -0.2) is 205 Å². The largest absolute Gasteiger partial charge is 0.472 e. The molecule has 26 heteroatoms. The average Bonchev–Trinajstić information content (AvgIpc) is 0.754. The lowest BCUT2D eigenvalue weighted by molar-refractivity contribution is -0.360. The number of esters is 4. The number of carbonyl (C=O) groups excluding carboxylic acids is 4. The number of allylic oxidation sites excluding steroid dienone is 4. The van der Waals surface area contributed by atoms with E-state index in [-0.39, 0.29) is 25.7 Å². The fraction of sp³-hybridized carbons (Fsp3) is 0.912. The maximum Gasteiger partial charge on any atom is 0.472 e. The van der Waals surface area contributed by atoms with E-state index in [4.69, 9.17) is 46.9 Å². The molecular formula is C91H167O25P. The second-order valence-electron chi connectivity index (χ2n) is 33.8. The predicted octanol–water partition coefficient (Wildman–Crippen LogP) is 17.2. The molecule has 10 N–H and O–H groups in total. The molecule has 0 aromatic rings. The number of rotatable bonds is 75. The summed E-state index contributed by atoms with van der Waals surface area (Å²) in [6.07, 6.45) is 27.6. The zero-order valence-corrected chi connectivity index (χ0v) is 74.1. The molecule has 686 valence electrons. The Hall–Kier alpha value is -3.05. The molecule has 2 saturated heterocycles. The van der Waals surface area contributed by atoms with Crippen LogP contribution in [0.1, 0.15) is 394 Å². The molecule has 1 saturated carbocycles. The van der Waals surface area contributed by atoms with Crippen LogP contribution in [0, 0.1) is 5.92 Å². The number of phosphoric acid groups is 1. The van der Waals surface area contributed by atoms with Crippen LogP contribution < -0.4 is 0 Å². The molecule has 3 aliphatic rings. The number of hydrogen-bond acceptors (Lipinski definition) is 24. The number of hydrogen-bond donors (Lipinski definition) is 10. The van der Waals surface area contributed by atoms with Crippen LogP contribution in [0.2, 0.25) is 0 Å². The van der Waals surface area contributed by atoms with Gasteiger partial charge >= 0.3 is 31.7 Å². The van der Waals surface area contributed by atoms with Gasteiger partial charge < -0.3 is 88.7 Å². The third kappa shape index (κ3) is 49.9. The molecule has 0 radical (unpaired) electrons. The third-order valence-electron chi connectivity index (χ3n) is 23.1. The van der Waals surface area contributed by atoms with Crippen molar-refractivity contribution in [3.63, 3.8) is 0 Å². The smallest absolute Gasteiger partial charge is 0.463 e. The molecule has 117 heavy (non-hydrogen) atoms. The summed E-state index contributed by atoms with van der Waals surface area (Å²) in [6.45, 7) is 7.85. The first-order chi connectivity index (χ1) is 56.6. The van der Waals surface area contributed by atoms with E-state index in [9.17, 15) is 74.6 Å². The van der Waals surface area contributed by atoms with E-state index in [0.717, 1.165) is 122 Å². The van der Waals surface area contributed by atoms with Crippen molar-refractivity contribution in [2.45, 2.75) is 498 Å². The number of phosphoric ester groups is 1. The van der Waals surface area contributed by atoms with Crippen molar-refractivity contribution < 1.29 is 122 Å². The van der Waals surface area contributed by atoms with E-state index in [1.807, 2.05) is 0 Å². The van der Waals surface area contributed by atoms with Crippen LogP contribution in [-0.2, 0) is 70.7 Å². The summed E-state index contributed by atoms with van der Waals surface area (Å²) in [5, 5.41) is 102. The molecule has 1 aliphatic carbocycles. The van der Waals surface area contributed by atoms with E-state index in [1.54, 1.807) is 0 Å². The van der Waals surface area contributed by atoms with Crippen LogP contribution in [0.3, 0.4) is 0 Å². The Bertz CT molecular complexity index is 2550. The molecule has 0 aromatic heterocycles. The molecule has 25 nitrogen and oxygen atoms in total. The van der Waals surface area contributed by atoms with E-state index in [0.29, 0.717) is 44.4 Å². The molecular weight excluding hydrogens is 1520 g/mol. The van der Waals surface area contributed by atoms with Gasteiger partial charge in [-0.1, -0.05) is 316 Å². The first-order valence-corrected chi connectivity index (χ1v) is 48.5. The van der Waals surface area contributed by atoms with Gasteiger partial charge in [0.25, 0.3) is 0 Å². The van der Waals surface area contributed by atoms with Gasteiger partial charge in [0, 0.05) is 25.7 Å². The van der Waals surface area contributed by atoms with Gasteiger partial charge in [0.05, 0.1) is 13.2 Å². The van der Waals surface area contributed by atoms with Crippen molar-refractivity contribution in [1.29, 1.82) is 0 Å². The molecule has 19 unspecified atom stereocenters.